The van der Waals surface area contributed by atoms with Gasteiger partial charge in [0, 0.05) is 5.02 Å². The summed E-state index contributed by atoms with van der Waals surface area (Å²) in [6, 6.07) is 12.9. The summed E-state index contributed by atoms with van der Waals surface area (Å²) < 4.78 is 31.8. The Morgan fingerprint density at radius 1 is 1.21 bits per heavy atom. The number of halogens is 1. The molecule has 2 aromatic carbocycles. The Hall–Kier alpha value is -2.25. The molecule has 0 saturated heterocycles. The number of carbonyl (C=O) groups is 1. The van der Waals surface area contributed by atoms with Gasteiger partial charge in [-0.3, -0.25) is 9.10 Å². The molecule has 2 rings (SSSR count). The van der Waals surface area contributed by atoms with Crippen LogP contribution in [0.4, 0.5) is 5.69 Å². The number of nitrogens with one attached hydrogen (secondary N) is 1. The molecule has 158 valence electrons. The van der Waals surface area contributed by atoms with Crippen LogP contribution in [0.5, 0.6) is 5.75 Å². The standard InChI is InChI=1S/C21H27ClN2O4S/c1-5-19(24(29(4,26)27)18-11-8-10-17(22)13-18)21(25)23-16(3)14-28-20-12-7-6-9-15(20)2/h6-13,16,19H,5,14H2,1-4H3,(H,23,25)/t16-,19+/m0/s1. The third-order valence-electron chi connectivity index (χ3n) is 4.36. The van der Waals surface area contributed by atoms with Crippen LogP contribution in [0.25, 0.3) is 0 Å². The molecule has 0 aliphatic carbocycles. The van der Waals surface area contributed by atoms with Gasteiger partial charge in [0.1, 0.15) is 18.4 Å². The van der Waals surface area contributed by atoms with E-state index in [0.29, 0.717) is 17.1 Å². The van der Waals surface area contributed by atoms with E-state index in [2.05, 4.69) is 5.32 Å². The van der Waals surface area contributed by atoms with Gasteiger partial charge in [-0.25, -0.2) is 8.42 Å². The lowest BCUT2D eigenvalue weighted by molar-refractivity contribution is -0.123. The number of sulfonamides is 1. The second-order valence-corrected chi connectivity index (χ2v) is 9.24. The summed E-state index contributed by atoms with van der Waals surface area (Å²) in [7, 11) is -3.71. The zero-order chi connectivity index (χ0) is 21.6. The van der Waals surface area contributed by atoms with Gasteiger partial charge in [-0.1, -0.05) is 42.8 Å². The van der Waals surface area contributed by atoms with Crippen molar-refractivity contribution in [1.82, 2.24) is 5.32 Å². The van der Waals surface area contributed by atoms with Crippen LogP contribution in [0, 0.1) is 6.92 Å². The Labute approximate surface area is 177 Å². The van der Waals surface area contributed by atoms with Gasteiger partial charge < -0.3 is 10.1 Å². The van der Waals surface area contributed by atoms with E-state index in [1.54, 1.807) is 25.1 Å². The summed E-state index contributed by atoms with van der Waals surface area (Å²) in [5.74, 6) is 0.358. The number of carbonyl (C=O) groups excluding carboxylic acids is 1. The Morgan fingerprint density at radius 3 is 2.48 bits per heavy atom. The van der Waals surface area contributed by atoms with Gasteiger partial charge in [0.15, 0.2) is 0 Å². The van der Waals surface area contributed by atoms with E-state index in [0.717, 1.165) is 21.9 Å². The Balaban J connectivity index is 2.13. The van der Waals surface area contributed by atoms with Crippen molar-refractivity contribution in [3.05, 3.63) is 59.1 Å². The molecular weight excluding hydrogens is 412 g/mol. The molecule has 0 aliphatic heterocycles. The largest absolute Gasteiger partial charge is 0.491 e. The third-order valence-corrected chi connectivity index (χ3v) is 5.78. The summed E-state index contributed by atoms with van der Waals surface area (Å²) in [6.45, 7) is 5.79. The number of para-hydroxylation sites is 1. The first-order valence-electron chi connectivity index (χ1n) is 9.37. The topological polar surface area (TPSA) is 75.7 Å². The molecule has 1 N–H and O–H groups in total. The van der Waals surface area contributed by atoms with E-state index in [1.807, 2.05) is 38.1 Å². The Morgan fingerprint density at radius 2 is 1.90 bits per heavy atom. The van der Waals surface area contributed by atoms with E-state index in [-0.39, 0.29) is 12.6 Å². The van der Waals surface area contributed by atoms with Gasteiger partial charge in [0.05, 0.1) is 18.0 Å². The molecule has 8 heteroatoms. The van der Waals surface area contributed by atoms with Gasteiger partial charge in [-0.2, -0.15) is 0 Å². The second kappa shape index (κ2) is 9.98. The number of amides is 1. The molecule has 0 aromatic heterocycles. The average Bonchev–Trinajstić information content (AvgIpc) is 2.64. The van der Waals surface area contributed by atoms with E-state index in [9.17, 15) is 13.2 Å². The highest BCUT2D eigenvalue weighted by Crippen LogP contribution is 2.25. The molecule has 1 amide bonds. The molecule has 29 heavy (non-hydrogen) atoms. The highest BCUT2D eigenvalue weighted by Gasteiger charge is 2.32. The van der Waals surface area contributed by atoms with Crippen molar-refractivity contribution < 1.29 is 17.9 Å². The summed E-state index contributed by atoms with van der Waals surface area (Å²) in [4.78, 5) is 12.9. The molecule has 2 atom stereocenters. The fourth-order valence-corrected chi connectivity index (χ4v) is 4.38. The van der Waals surface area contributed by atoms with Gasteiger partial charge in [-0.05, 0) is 50.1 Å². The molecule has 0 aliphatic rings. The van der Waals surface area contributed by atoms with Crippen LogP contribution in [0.3, 0.4) is 0 Å². The lowest BCUT2D eigenvalue weighted by atomic mass is 10.1. The maximum atomic E-state index is 12.9. The fraction of sp³-hybridized carbons (Fsp3) is 0.381. The molecule has 0 radical (unpaired) electrons. The number of hydrogen-bond acceptors (Lipinski definition) is 4. The Kier molecular flexibility index (Phi) is 7.93. The van der Waals surface area contributed by atoms with Gasteiger partial charge in [0.25, 0.3) is 0 Å². The van der Waals surface area contributed by atoms with Gasteiger partial charge in [0.2, 0.25) is 15.9 Å². The number of nitrogens with zero attached hydrogens (tertiary/aromatic N) is 1. The van der Waals surface area contributed by atoms with Crippen LogP contribution in [-0.2, 0) is 14.8 Å². The smallest absolute Gasteiger partial charge is 0.244 e. The second-order valence-electron chi connectivity index (χ2n) is 6.95. The minimum absolute atomic E-state index is 0.267. The lowest BCUT2D eigenvalue weighted by Gasteiger charge is -2.31. The molecule has 0 spiro atoms. The van der Waals surface area contributed by atoms with Crippen molar-refractivity contribution >= 4 is 33.2 Å². The third kappa shape index (κ3) is 6.37. The van der Waals surface area contributed by atoms with E-state index in [4.69, 9.17) is 16.3 Å². The maximum absolute atomic E-state index is 12.9. The molecular formula is C21H27ClN2O4S. The number of benzene rings is 2. The van der Waals surface area contributed by atoms with Crippen LogP contribution >= 0.6 is 11.6 Å². The highest BCUT2D eigenvalue weighted by molar-refractivity contribution is 7.92. The van der Waals surface area contributed by atoms with Crippen molar-refractivity contribution in [2.24, 2.45) is 0 Å². The first-order chi connectivity index (χ1) is 13.6. The number of anilines is 1. The van der Waals surface area contributed by atoms with Crippen LogP contribution in [-0.4, -0.2) is 39.3 Å². The summed E-state index contributed by atoms with van der Waals surface area (Å²) in [6.07, 6.45) is 1.38. The number of ether oxygens (including phenoxy) is 1. The van der Waals surface area contributed by atoms with E-state index < -0.39 is 22.0 Å². The predicted molar refractivity (Wildman–Crippen MR) is 117 cm³/mol. The summed E-state index contributed by atoms with van der Waals surface area (Å²) >= 11 is 6.02. The van der Waals surface area contributed by atoms with Crippen molar-refractivity contribution in [1.29, 1.82) is 0 Å². The van der Waals surface area contributed by atoms with Gasteiger partial charge in [-0.15, -0.1) is 0 Å². The van der Waals surface area contributed by atoms with E-state index in [1.165, 1.54) is 6.07 Å². The molecule has 0 bridgehead atoms. The van der Waals surface area contributed by atoms with Crippen LogP contribution < -0.4 is 14.4 Å². The van der Waals surface area contributed by atoms with Crippen molar-refractivity contribution in [3.8, 4) is 5.75 Å². The van der Waals surface area contributed by atoms with Crippen LogP contribution in [0.1, 0.15) is 25.8 Å². The number of hydrogen-bond donors (Lipinski definition) is 1. The average molecular weight is 439 g/mol. The minimum Gasteiger partial charge on any atom is -0.491 e. The normalized spacial score (nSPS) is 13.4. The monoisotopic (exact) mass is 438 g/mol. The van der Waals surface area contributed by atoms with Crippen molar-refractivity contribution in [3.63, 3.8) is 0 Å². The fourth-order valence-electron chi connectivity index (χ4n) is 2.99. The maximum Gasteiger partial charge on any atom is 0.244 e. The Bertz CT molecular complexity index is 949. The first kappa shape index (κ1) is 23.0. The summed E-state index contributed by atoms with van der Waals surface area (Å²) in [5.41, 5.74) is 1.35. The molecule has 0 fully saturated rings. The number of rotatable bonds is 9. The molecule has 0 saturated carbocycles. The number of aryl methyl sites for hydroxylation is 1. The van der Waals surface area contributed by atoms with Crippen molar-refractivity contribution in [2.75, 3.05) is 17.2 Å². The minimum atomic E-state index is -3.71. The molecule has 2 aromatic rings. The lowest BCUT2D eigenvalue weighted by Crippen LogP contribution is -2.52. The zero-order valence-corrected chi connectivity index (χ0v) is 18.6. The summed E-state index contributed by atoms with van der Waals surface area (Å²) in [5, 5.41) is 3.25. The quantitative estimate of drug-likeness (QED) is 0.646. The SMILES string of the molecule is CC[C@H](C(=O)N[C@@H](C)COc1ccccc1C)N(c1cccc(Cl)c1)S(C)(=O)=O. The molecule has 0 unspecified atom stereocenters. The molecule has 0 heterocycles. The first-order valence-corrected chi connectivity index (χ1v) is 11.6. The van der Waals surface area contributed by atoms with Gasteiger partial charge >= 0.3 is 0 Å². The van der Waals surface area contributed by atoms with E-state index >= 15 is 0 Å². The van der Waals surface area contributed by atoms with Crippen LogP contribution in [0.2, 0.25) is 5.02 Å². The van der Waals surface area contributed by atoms with Crippen LogP contribution in [0.15, 0.2) is 48.5 Å². The zero-order valence-electron chi connectivity index (χ0n) is 17.1. The highest BCUT2D eigenvalue weighted by atomic mass is 35.5. The van der Waals surface area contributed by atoms with Crippen molar-refractivity contribution in [2.45, 2.75) is 39.3 Å². The predicted octanol–water partition coefficient (Wildman–Crippen LogP) is 3.78. The molecule has 6 nitrogen and oxygen atoms in total.